The van der Waals surface area contributed by atoms with Gasteiger partial charge in [0, 0.05) is 16.1 Å². The van der Waals surface area contributed by atoms with Crippen LogP contribution in [0.2, 0.25) is 0 Å². The van der Waals surface area contributed by atoms with Crippen LogP contribution < -0.4 is 14.8 Å². The van der Waals surface area contributed by atoms with Crippen LogP contribution in [0.3, 0.4) is 0 Å². The molecule has 0 atom stereocenters. The fourth-order valence-corrected chi connectivity index (χ4v) is 3.13. The minimum Gasteiger partial charge on any atom is -0.497 e. The lowest BCUT2D eigenvalue weighted by Gasteiger charge is -2.08. The number of anilines is 1. The van der Waals surface area contributed by atoms with Gasteiger partial charge in [0.1, 0.15) is 11.5 Å². The molecule has 0 radical (unpaired) electrons. The molecule has 0 unspecified atom stereocenters. The van der Waals surface area contributed by atoms with Crippen LogP contribution in [-0.4, -0.2) is 31.7 Å². The van der Waals surface area contributed by atoms with Gasteiger partial charge in [-0.3, -0.25) is 9.59 Å². The maximum Gasteiger partial charge on any atom is 0.262 e. The van der Waals surface area contributed by atoms with Gasteiger partial charge in [-0.1, -0.05) is 18.2 Å². The Morgan fingerprint density at radius 1 is 0.903 bits per heavy atom. The fourth-order valence-electron chi connectivity index (χ4n) is 2.72. The second kappa shape index (κ2) is 11.0. The molecule has 0 aliphatic carbocycles. The molecule has 1 amide bonds. The van der Waals surface area contributed by atoms with Gasteiger partial charge in [0.15, 0.2) is 12.4 Å². The largest absolute Gasteiger partial charge is 0.497 e. The summed E-state index contributed by atoms with van der Waals surface area (Å²) in [6.45, 7) is -0.120. The highest BCUT2D eigenvalue weighted by atomic mass is 32.2. The number of ketones is 1. The van der Waals surface area contributed by atoms with E-state index in [1.165, 1.54) is 4.90 Å². The van der Waals surface area contributed by atoms with E-state index in [-0.39, 0.29) is 18.3 Å². The van der Waals surface area contributed by atoms with Gasteiger partial charge in [0.2, 0.25) is 0 Å². The third-order valence-electron chi connectivity index (χ3n) is 4.43. The van der Waals surface area contributed by atoms with Crippen LogP contribution in [0.5, 0.6) is 11.5 Å². The van der Waals surface area contributed by atoms with E-state index in [0.29, 0.717) is 17.0 Å². The van der Waals surface area contributed by atoms with Crippen molar-refractivity contribution in [2.45, 2.75) is 4.90 Å². The number of rotatable bonds is 9. The Hall–Kier alpha value is -3.51. The van der Waals surface area contributed by atoms with Gasteiger partial charge in [-0.25, -0.2) is 0 Å². The van der Waals surface area contributed by atoms with E-state index in [0.717, 1.165) is 11.3 Å². The summed E-state index contributed by atoms with van der Waals surface area (Å²) in [5.74, 6) is 0.902. The number of ether oxygens (including phenoxy) is 2. The molecular weight excluding hydrogens is 410 g/mol. The molecule has 0 saturated heterocycles. The van der Waals surface area contributed by atoms with E-state index < -0.39 is 0 Å². The molecule has 0 saturated carbocycles. The molecule has 0 bridgehead atoms. The lowest BCUT2D eigenvalue weighted by Crippen LogP contribution is -2.20. The standard InChI is InChI=1S/C25H23NO4S/c1-29-21-10-12-22(13-11-21)30-17-25(28)26-20-8-6-19(7-9-20)24(27)16-5-18-3-14-23(31-2)15-4-18/h3-16H,17H2,1-2H3,(H,26,28). The molecule has 5 nitrogen and oxygen atoms in total. The van der Waals surface area contributed by atoms with Crippen molar-refractivity contribution >= 4 is 35.2 Å². The lowest BCUT2D eigenvalue weighted by molar-refractivity contribution is -0.118. The Bertz CT molecular complexity index is 1040. The highest BCUT2D eigenvalue weighted by Crippen LogP contribution is 2.18. The van der Waals surface area contributed by atoms with Crippen molar-refractivity contribution in [3.8, 4) is 11.5 Å². The van der Waals surface area contributed by atoms with Gasteiger partial charge in [-0.05, 0) is 78.6 Å². The Balaban J connectivity index is 1.50. The SMILES string of the molecule is COc1ccc(OCC(=O)Nc2ccc(C(=O)C=Cc3ccc(SC)cc3)cc2)cc1. The topological polar surface area (TPSA) is 64.6 Å². The molecule has 3 aromatic rings. The van der Waals surface area contributed by atoms with Gasteiger partial charge < -0.3 is 14.8 Å². The Labute approximate surface area is 186 Å². The molecule has 31 heavy (non-hydrogen) atoms. The summed E-state index contributed by atoms with van der Waals surface area (Å²) in [4.78, 5) is 25.6. The molecule has 0 spiro atoms. The number of benzene rings is 3. The third-order valence-corrected chi connectivity index (χ3v) is 5.17. The molecule has 158 valence electrons. The molecule has 6 heteroatoms. The van der Waals surface area contributed by atoms with Crippen LogP contribution in [0, 0.1) is 0 Å². The predicted molar refractivity (Wildman–Crippen MR) is 125 cm³/mol. The number of allylic oxidation sites excluding steroid dienone is 1. The maximum atomic E-state index is 12.4. The van der Waals surface area contributed by atoms with Crippen molar-refractivity contribution in [2.24, 2.45) is 0 Å². The van der Waals surface area contributed by atoms with Crippen LogP contribution in [0.25, 0.3) is 6.08 Å². The van der Waals surface area contributed by atoms with Crippen LogP contribution in [0.15, 0.2) is 83.8 Å². The summed E-state index contributed by atoms with van der Waals surface area (Å²) < 4.78 is 10.5. The first kappa shape index (κ1) is 22.2. The molecule has 1 N–H and O–H groups in total. The summed E-state index contributed by atoms with van der Waals surface area (Å²) >= 11 is 1.67. The monoisotopic (exact) mass is 433 g/mol. The average molecular weight is 434 g/mol. The number of carbonyl (C=O) groups is 2. The summed E-state index contributed by atoms with van der Waals surface area (Å²) in [5, 5.41) is 2.75. The molecule has 0 aromatic heterocycles. The van der Waals surface area contributed by atoms with E-state index in [2.05, 4.69) is 5.32 Å². The molecule has 0 fully saturated rings. The van der Waals surface area contributed by atoms with E-state index in [1.54, 1.807) is 79.6 Å². The first-order valence-electron chi connectivity index (χ1n) is 9.60. The van der Waals surface area contributed by atoms with Crippen LogP contribution in [0.4, 0.5) is 5.69 Å². The molecule has 3 aromatic carbocycles. The third kappa shape index (κ3) is 6.76. The second-order valence-electron chi connectivity index (χ2n) is 6.56. The zero-order valence-corrected chi connectivity index (χ0v) is 18.1. The normalized spacial score (nSPS) is 10.6. The number of thioether (sulfide) groups is 1. The van der Waals surface area contributed by atoms with Crippen LogP contribution in [-0.2, 0) is 4.79 Å². The smallest absolute Gasteiger partial charge is 0.262 e. The maximum absolute atomic E-state index is 12.4. The summed E-state index contributed by atoms with van der Waals surface area (Å²) in [5.41, 5.74) is 2.10. The van der Waals surface area contributed by atoms with Gasteiger partial charge in [-0.15, -0.1) is 11.8 Å². The molecular formula is C25H23NO4S. The highest BCUT2D eigenvalue weighted by molar-refractivity contribution is 7.98. The summed E-state index contributed by atoms with van der Waals surface area (Å²) in [7, 11) is 1.59. The number of amides is 1. The molecule has 0 aliphatic heterocycles. The first-order chi connectivity index (χ1) is 15.1. The molecule has 0 heterocycles. The predicted octanol–water partition coefficient (Wildman–Crippen LogP) is 5.33. The van der Waals surface area contributed by atoms with Gasteiger partial charge in [-0.2, -0.15) is 0 Å². The zero-order valence-electron chi connectivity index (χ0n) is 17.3. The lowest BCUT2D eigenvalue weighted by atomic mass is 10.1. The number of methoxy groups -OCH3 is 1. The summed E-state index contributed by atoms with van der Waals surface area (Å²) in [6, 6.07) is 21.7. The Kier molecular flexibility index (Phi) is 7.90. The van der Waals surface area contributed by atoms with E-state index in [4.69, 9.17) is 9.47 Å². The first-order valence-corrected chi connectivity index (χ1v) is 10.8. The number of hydrogen-bond acceptors (Lipinski definition) is 5. The van der Waals surface area contributed by atoms with E-state index in [9.17, 15) is 9.59 Å². The summed E-state index contributed by atoms with van der Waals surface area (Å²) in [6.07, 6.45) is 5.36. The van der Waals surface area contributed by atoms with Crippen molar-refractivity contribution < 1.29 is 19.1 Å². The second-order valence-corrected chi connectivity index (χ2v) is 7.44. The van der Waals surface area contributed by atoms with Crippen LogP contribution in [0.1, 0.15) is 15.9 Å². The van der Waals surface area contributed by atoms with E-state index >= 15 is 0 Å². The van der Waals surface area contributed by atoms with Crippen molar-refractivity contribution in [1.82, 2.24) is 0 Å². The van der Waals surface area contributed by atoms with Crippen LogP contribution >= 0.6 is 11.8 Å². The number of carbonyl (C=O) groups excluding carboxylic acids is 2. The Morgan fingerprint density at radius 3 is 2.16 bits per heavy atom. The van der Waals surface area contributed by atoms with Crippen molar-refractivity contribution in [1.29, 1.82) is 0 Å². The minimum absolute atomic E-state index is 0.102. The van der Waals surface area contributed by atoms with Gasteiger partial charge in [0.25, 0.3) is 5.91 Å². The van der Waals surface area contributed by atoms with Crippen molar-refractivity contribution in [3.05, 3.63) is 90.0 Å². The molecule has 3 rings (SSSR count). The van der Waals surface area contributed by atoms with Crippen molar-refractivity contribution in [3.63, 3.8) is 0 Å². The highest BCUT2D eigenvalue weighted by Gasteiger charge is 2.06. The minimum atomic E-state index is -0.288. The Morgan fingerprint density at radius 2 is 1.55 bits per heavy atom. The number of nitrogens with one attached hydrogen (secondary N) is 1. The average Bonchev–Trinajstić information content (AvgIpc) is 2.82. The van der Waals surface area contributed by atoms with Gasteiger partial charge >= 0.3 is 0 Å². The quantitative estimate of drug-likeness (QED) is 0.281. The number of hydrogen-bond donors (Lipinski definition) is 1. The molecule has 0 aliphatic rings. The zero-order chi connectivity index (χ0) is 22.1. The van der Waals surface area contributed by atoms with Crippen molar-refractivity contribution in [2.75, 3.05) is 25.3 Å². The van der Waals surface area contributed by atoms with E-state index in [1.807, 2.05) is 30.5 Å². The van der Waals surface area contributed by atoms with Gasteiger partial charge in [0.05, 0.1) is 7.11 Å². The fraction of sp³-hybridized carbons (Fsp3) is 0.120.